The number of aromatic nitrogens is 3. The molecular formula is C13H24N4O2S2. The van der Waals surface area contributed by atoms with Crippen LogP contribution in [0.15, 0.2) is 5.16 Å². The zero-order valence-electron chi connectivity index (χ0n) is 12.9. The molecule has 1 aliphatic rings. The molecule has 1 saturated heterocycles. The first-order valence-electron chi connectivity index (χ1n) is 7.38. The van der Waals surface area contributed by atoms with Crippen molar-refractivity contribution in [1.29, 1.82) is 0 Å². The van der Waals surface area contributed by atoms with Gasteiger partial charge in [-0.05, 0) is 31.4 Å². The molecule has 2 rings (SSSR count). The van der Waals surface area contributed by atoms with Crippen LogP contribution in [0.2, 0.25) is 0 Å². The fourth-order valence-corrected chi connectivity index (χ4v) is 4.78. The molecule has 0 spiro atoms. The number of nitrogens with zero attached hydrogens (tertiary/aromatic N) is 4. The summed E-state index contributed by atoms with van der Waals surface area (Å²) < 4.78 is 27.8. The van der Waals surface area contributed by atoms with Crippen LogP contribution in [0, 0.1) is 5.92 Å². The molecule has 21 heavy (non-hydrogen) atoms. The molecule has 0 aliphatic carbocycles. The Bertz CT molecular complexity index is 563. The third-order valence-electron chi connectivity index (χ3n) is 4.01. The van der Waals surface area contributed by atoms with Gasteiger partial charge in [-0.3, -0.25) is 0 Å². The van der Waals surface area contributed by atoms with Crippen LogP contribution in [0.1, 0.15) is 32.0 Å². The van der Waals surface area contributed by atoms with E-state index in [4.69, 9.17) is 0 Å². The second kappa shape index (κ2) is 7.11. The third kappa shape index (κ3) is 3.98. The van der Waals surface area contributed by atoms with Crippen LogP contribution in [0.4, 0.5) is 0 Å². The van der Waals surface area contributed by atoms with E-state index in [1.807, 2.05) is 24.8 Å². The van der Waals surface area contributed by atoms with Gasteiger partial charge in [-0.1, -0.05) is 18.7 Å². The quantitative estimate of drug-likeness (QED) is 0.739. The summed E-state index contributed by atoms with van der Waals surface area (Å²) in [4.78, 5) is 0. The van der Waals surface area contributed by atoms with Crippen molar-refractivity contribution in [1.82, 2.24) is 19.1 Å². The second-order valence-electron chi connectivity index (χ2n) is 5.52. The Labute approximate surface area is 131 Å². The molecule has 0 unspecified atom stereocenters. The fraction of sp³-hybridized carbons (Fsp3) is 0.846. The molecule has 0 aromatic carbocycles. The summed E-state index contributed by atoms with van der Waals surface area (Å²) in [7, 11) is -1.05. The Kier molecular flexibility index (Phi) is 5.67. The van der Waals surface area contributed by atoms with Gasteiger partial charge in [0.1, 0.15) is 5.82 Å². The number of thioether (sulfide) groups is 1. The van der Waals surface area contributed by atoms with E-state index in [2.05, 4.69) is 10.2 Å². The first-order valence-corrected chi connectivity index (χ1v) is 10.2. The monoisotopic (exact) mass is 332 g/mol. The van der Waals surface area contributed by atoms with Crippen molar-refractivity contribution in [3.05, 3.63) is 5.82 Å². The number of sulfonamides is 1. The summed E-state index contributed by atoms with van der Waals surface area (Å²) in [6.45, 7) is 3.18. The zero-order valence-corrected chi connectivity index (χ0v) is 14.6. The van der Waals surface area contributed by atoms with Crippen LogP contribution < -0.4 is 0 Å². The summed E-state index contributed by atoms with van der Waals surface area (Å²) in [5.74, 6) is 1.75. The molecule has 0 atom stereocenters. The van der Waals surface area contributed by atoms with Gasteiger partial charge >= 0.3 is 0 Å². The smallest absolute Gasteiger partial charge is 0.214 e. The Hall–Kier alpha value is -0.600. The van der Waals surface area contributed by atoms with Crippen molar-refractivity contribution in [2.24, 2.45) is 13.0 Å². The van der Waals surface area contributed by atoms with Crippen LogP contribution in [-0.4, -0.2) is 52.6 Å². The SMILES string of the molecule is CCCS(=O)(=O)N1CCC(Cc2nnc(SC)n2C)CC1. The fourth-order valence-electron chi connectivity index (χ4n) is 2.74. The van der Waals surface area contributed by atoms with Gasteiger partial charge in [0.05, 0.1) is 5.75 Å². The maximum Gasteiger partial charge on any atom is 0.214 e. The molecule has 0 amide bonds. The number of hydrogen-bond donors (Lipinski definition) is 0. The molecule has 2 heterocycles. The van der Waals surface area contributed by atoms with Crippen molar-refractivity contribution in [3.63, 3.8) is 0 Å². The minimum atomic E-state index is -3.04. The molecule has 1 aromatic heterocycles. The molecule has 120 valence electrons. The van der Waals surface area contributed by atoms with Gasteiger partial charge in [0.25, 0.3) is 0 Å². The van der Waals surface area contributed by atoms with Crippen LogP contribution in [0.25, 0.3) is 0 Å². The summed E-state index contributed by atoms with van der Waals surface area (Å²) in [6.07, 6.45) is 5.37. The summed E-state index contributed by atoms with van der Waals surface area (Å²) in [6, 6.07) is 0. The molecule has 1 fully saturated rings. The number of hydrogen-bond acceptors (Lipinski definition) is 5. The molecular weight excluding hydrogens is 308 g/mol. The van der Waals surface area contributed by atoms with Crippen molar-refractivity contribution in [2.75, 3.05) is 25.1 Å². The molecule has 6 nitrogen and oxygen atoms in total. The second-order valence-corrected chi connectivity index (χ2v) is 8.39. The van der Waals surface area contributed by atoms with E-state index in [9.17, 15) is 8.42 Å². The Morgan fingerprint density at radius 1 is 1.29 bits per heavy atom. The Morgan fingerprint density at radius 3 is 2.48 bits per heavy atom. The van der Waals surface area contributed by atoms with E-state index in [1.165, 1.54) is 0 Å². The van der Waals surface area contributed by atoms with Crippen LogP contribution in [0.3, 0.4) is 0 Å². The van der Waals surface area contributed by atoms with E-state index in [0.29, 0.717) is 25.4 Å². The van der Waals surface area contributed by atoms with Gasteiger partial charge in [0.15, 0.2) is 5.16 Å². The van der Waals surface area contributed by atoms with Gasteiger partial charge in [-0.2, -0.15) is 0 Å². The van der Waals surface area contributed by atoms with Gasteiger partial charge in [-0.25, -0.2) is 12.7 Å². The lowest BCUT2D eigenvalue weighted by Crippen LogP contribution is -2.40. The predicted octanol–water partition coefficient (Wildman–Crippen LogP) is 1.53. The normalized spacial score (nSPS) is 18.2. The van der Waals surface area contributed by atoms with Crippen molar-refractivity contribution in [3.8, 4) is 0 Å². The van der Waals surface area contributed by atoms with Crippen molar-refractivity contribution < 1.29 is 8.42 Å². The molecule has 1 aromatic rings. The average molecular weight is 332 g/mol. The summed E-state index contributed by atoms with van der Waals surface area (Å²) in [5.41, 5.74) is 0. The van der Waals surface area contributed by atoms with Gasteiger partial charge < -0.3 is 4.57 Å². The highest BCUT2D eigenvalue weighted by molar-refractivity contribution is 7.98. The number of rotatable bonds is 6. The van der Waals surface area contributed by atoms with Crippen molar-refractivity contribution in [2.45, 2.75) is 37.8 Å². The molecule has 0 N–H and O–H groups in total. The molecule has 0 saturated carbocycles. The van der Waals surface area contributed by atoms with E-state index < -0.39 is 10.0 Å². The largest absolute Gasteiger partial charge is 0.309 e. The van der Waals surface area contributed by atoms with Gasteiger partial charge in [0, 0.05) is 26.6 Å². The van der Waals surface area contributed by atoms with Gasteiger partial charge in [0.2, 0.25) is 10.0 Å². The number of piperidine rings is 1. The predicted molar refractivity (Wildman–Crippen MR) is 84.9 cm³/mol. The standard InChI is InChI=1S/C13H24N4O2S2/c1-4-9-21(18,19)17-7-5-11(6-8-17)10-12-14-15-13(20-3)16(12)2/h11H,4-10H2,1-3H3. The maximum absolute atomic E-state index is 12.0. The van der Waals surface area contributed by atoms with E-state index in [0.717, 1.165) is 30.2 Å². The summed E-state index contributed by atoms with van der Waals surface area (Å²) in [5, 5.41) is 9.31. The Morgan fingerprint density at radius 2 is 1.95 bits per heavy atom. The first kappa shape index (κ1) is 16.8. The average Bonchev–Trinajstić information content (AvgIpc) is 2.80. The molecule has 1 aliphatic heterocycles. The molecule has 8 heteroatoms. The lowest BCUT2D eigenvalue weighted by molar-refractivity contribution is 0.269. The zero-order chi connectivity index (χ0) is 15.5. The van der Waals surface area contributed by atoms with E-state index >= 15 is 0 Å². The van der Waals surface area contributed by atoms with Crippen LogP contribution >= 0.6 is 11.8 Å². The molecule has 0 bridgehead atoms. The minimum Gasteiger partial charge on any atom is -0.309 e. The van der Waals surface area contributed by atoms with E-state index in [1.54, 1.807) is 16.1 Å². The third-order valence-corrected chi connectivity index (χ3v) is 6.80. The minimum absolute atomic E-state index is 0.262. The highest BCUT2D eigenvalue weighted by atomic mass is 32.2. The van der Waals surface area contributed by atoms with Crippen LogP contribution in [-0.2, 0) is 23.5 Å². The lowest BCUT2D eigenvalue weighted by atomic mass is 9.94. The topological polar surface area (TPSA) is 68.1 Å². The lowest BCUT2D eigenvalue weighted by Gasteiger charge is -2.30. The van der Waals surface area contributed by atoms with Crippen LogP contribution in [0.5, 0.6) is 0 Å². The highest BCUT2D eigenvalue weighted by Crippen LogP contribution is 2.24. The van der Waals surface area contributed by atoms with Gasteiger partial charge in [-0.15, -0.1) is 10.2 Å². The Balaban J connectivity index is 1.91. The maximum atomic E-state index is 12.0. The van der Waals surface area contributed by atoms with Crippen molar-refractivity contribution >= 4 is 21.8 Å². The highest BCUT2D eigenvalue weighted by Gasteiger charge is 2.28. The van der Waals surface area contributed by atoms with E-state index in [-0.39, 0.29) is 5.75 Å². The summed E-state index contributed by atoms with van der Waals surface area (Å²) >= 11 is 1.59. The molecule has 0 radical (unpaired) electrons. The first-order chi connectivity index (χ1) is 9.97.